The van der Waals surface area contributed by atoms with Crippen molar-refractivity contribution < 1.29 is 0 Å². The van der Waals surface area contributed by atoms with Gasteiger partial charge in [-0.2, -0.15) is 5.10 Å². The van der Waals surface area contributed by atoms with Crippen molar-refractivity contribution in [1.82, 2.24) is 9.78 Å². The molecule has 0 amide bonds. The summed E-state index contributed by atoms with van der Waals surface area (Å²) in [7, 11) is 0. The molecular weight excluding hydrogens is 300 g/mol. The van der Waals surface area contributed by atoms with E-state index >= 15 is 0 Å². The smallest absolute Gasteiger partial charge is 0.127 e. The van der Waals surface area contributed by atoms with Crippen LogP contribution in [-0.2, 0) is 12.0 Å². The van der Waals surface area contributed by atoms with Crippen LogP contribution in [0.15, 0.2) is 47.6 Å². The maximum Gasteiger partial charge on any atom is 0.127 e. The summed E-state index contributed by atoms with van der Waals surface area (Å²) in [5.41, 5.74) is 17.5. The summed E-state index contributed by atoms with van der Waals surface area (Å²) in [6, 6.07) is 13.9. The predicted octanol–water partition coefficient (Wildman–Crippen LogP) is 4.72. The van der Waals surface area contributed by atoms with Crippen LogP contribution in [0.2, 0.25) is 0 Å². The Kier molecular flexibility index (Phi) is 3.91. The predicted molar refractivity (Wildman–Crippen MR) is 97.0 cm³/mol. The molecule has 0 radical (unpaired) electrons. The van der Waals surface area contributed by atoms with E-state index < -0.39 is 0 Å². The van der Waals surface area contributed by atoms with Crippen LogP contribution >= 0.6 is 0 Å². The number of rotatable bonds is 3. The van der Waals surface area contributed by atoms with Gasteiger partial charge in [-0.05, 0) is 34.0 Å². The Labute approximate surface area is 140 Å². The number of nitrogens with zero attached hydrogens (tertiary/aromatic N) is 5. The molecule has 6 nitrogen and oxygen atoms in total. The van der Waals surface area contributed by atoms with Gasteiger partial charge in [-0.15, -0.1) is 0 Å². The SMILES string of the molecule is CC(C)(C)c1cc(N)n(-c2cc(CN=[N+]=[N-])c3ccccc3c2)n1. The van der Waals surface area contributed by atoms with Gasteiger partial charge in [0.1, 0.15) is 5.82 Å². The van der Waals surface area contributed by atoms with Crippen molar-refractivity contribution in [3.63, 3.8) is 0 Å². The summed E-state index contributed by atoms with van der Waals surface area (Å²) < 4.78 is 1.74. The van der Waals surface area contributed by atoms with Gasteiger partial charge in [0, 0.05) is 16.4 Å². The Morgan fingerprint density at radius 2 is 1.96 bits per heavy atom. The second-order valence-corrected chi connectivity index (χ2v) is 6.83. The van der Waals surface area contributed by atoms with E-state index in [2.05, 4.69) is 35.9 Å². The third-order valence-corrected chi connectivity index (χ3v) is 3.99. The molecule has 1 aromatic heterocycles. The molecule has 0 spiro atoms. The highest BCUT2D eigenvalue weighted by atomic mass is 15.3. The van der Waals surface area contributed by atoms with Gasteiger partial charge < -0.3 is 5.73 Å². The van der Waals surface area contributed by atoms with Gasteiger partial charge in [0.25, 0.3) is 0 Å². The first-order valence-corrected chi connectivity index (χ1v) is 7.79. The zero-order valence-electron chi connectivity index (χ0n) is 14.1. The summed E-state index contributed by atoms with van der Waals surface area (Å²) in [5, 5.41) is 10.5. The molecule has 3 rings (SSSR count). The number of nitrogen functional groups attached to an aromatic ring is 1. The van der Waals surface area contributed by atoms with Gasteiger partial charge in [0.2, 0.25) is 0 Å². The molecule has 2 aromatic carbocycles. The largest absolute Gasteiger partial charge is 0.384 e. The van der Waals surface area contributed by atoms with Crippen molar-refractivity contribution in [1.29, 1.82) is 0 Å². The van der Waals surface area contributed by atoms with Gasteiger partial charge in [0.15, 0.2) is 0 Å². The number of nitrogens with two attached hydrogens (primary N) is 1. The van der Waals surface area contributed by atoms with E-state index in [1.165, 1.54) is 0 Å². The third-order valence-electron chi connectivity index (χ3n) is 3.99. The lowest BCUT2D eigenvalue weighted by atomic mass is 9.92. The second-order valence-electron chi connectivity index (χ2n) is 6.83. The van der Waals surface area contributed by atoms with E-state index in [1.54, 1.807) is 4.68 Å². The number of azide groups is 1. The van der Waals surface area contributed by atoms with E-state index in [1.807, 2.05) is 42.5 Å². The minimum atomic E-state index is -0.0792. The zero-order chi connectivity index (χ0) is 17.3. The zero-order valence-corrected chi connectivity index (χ0v) is 14.1. The van der Waals surface area contributed by atoms with Crippen LogP contribution in [0.5, 0.6) is 0 Å². The molecule has 6 heteroatoms. The lowest BCUT2D eigenvalue weighted by Crippen LogP contribution is -2.12. The highest BCUT2D eigenvalue weighted by Gasteiger charge is 2.19. The van der Waals surface area contributed by atoms with E-state index in [9.17, 15) is 0 Å². The van der Waals surface area contributed by atoms with Crippen LogP contribution in [0.3, 0.4) is 0 Å². The van der Waals surface area contributed by atoms with Crippen molar-refractivity contribution in [2.45, 2.75) is 32.7 Å². The summed E-state index contributed by atoms with van der Waals surface area (Å²) >= 11 is 0. The molecule has 0 aliphatic carbocycles. The summed E-state index contributed by atoms with van der Waals surface area (Å²) in [6.07, 6.45) is 0. The fourth-order valence-electron chi connectivity index (χ4n) is 2.70. The Balaban J connectivity index is 2.20. The van der Waals surface area contributed by atoms with Gasteiger partial charge in [-0.25, -0.2) is 4.68 Å². The first kappa shape index (κ1) is 15.9. The monoisotopic (exact) mass is 320 g/mol. The van der Waals surface area contributed by atoms with E-state index in [4.69, 9.17) is 11.3 Å². The van der Waals surface area contributed by atoms with Crippen molar-refractivity contribution >= 4 is 16.6 Å². The Hall–Kier alpha value is -2.98. The molecule has 2 N–H and O–H groups in total. The van der Waals surface area contributed by atoms with Crippen molar-refractivity contribution in [3.05, 3.63) is 64.2 Å². The standard InChI is InChI=1S/C18H20N6/c1-18(2,3)16-10-17(19)24(22-16)14-8-12-6-4-5-7-15(12)13(9-14)11-21-23-20/h4-10H,11,19H2,1-3H3. The molecule has 24 heavy (non-hydrogen) atoms. The minimum absolute atomic E-state index is 0.0792. The highest BCUT2D eigenvalue weighted by Crippen LogP contribution is 2.28. The number of aromatic nitrogens is 2. The van der Waals surface area contributed by atoms with Crippen LogP contribution in [0.4, 0.5) is 5.82 Å². The van der Waals surface area contributed by atoms with Crippen molar-refractivity contribution in [3.8, 4) is 5.69 Å². The Morgan fingerprint density at radius 3 is 2.62 bits per heavy atom. The topological polar surface area (TPSA) is 92.6 Å². The van der Waals surface area contributed by atoms with Crippen LogP contribution in [0, 0.1) is 0 Å². The van der Waals surface area contributed by atoms with Gasteiger partial charge >= 0.3 is 0 Å². The van der Waals surface area contributed by atoms with Crippen LogP contribution in [0.1, 0.15) is 32.0 Å². The normalized spacial score (nSPS) is 11.5. The van der Waals surface area contributed by atoms with Gasteiger partial charge in [-0.1, -0.05) is 50.2 Å². The molecule has 0 fully saturated rings. The molecule has 0 bridgehead atoms. The third kappa shape index (κ3) is 2.92. The molecule has 0 aliphatic rings. The minimum Gasteiger partial charge on any atom is -0.384 e. The number of fused-ring (bicyclic) bond motifs is 1. The molecular formula is C18H20N6. The van der Waals surface area contributed by atoms with Crippen LogP contribution in [-0.4, -0.2) is 9.78 Å². The lowest BCUT2D eigenvalue weighted by molar-refractivity contribution is 0.560. The maximum atomic E-state index is 8.64. The average molecular weight is 320 g/mol. The highest BCUT2D eigenvalue weighted by molar-refractivity contribution is 5.88. The first-order chi connectivity index (χ1) is 11.4. The maximum absolute atomic E-state index is 8.64. The fourth-order valence-corrected chi connectivity index (χ4v) is 2.70. The molecule has 0 atom stereocenters. The van der Waals surface area contributed by atoms with Gasteiger partial charge in [-0.3, -0.25) is 0 Å². The molecule has 3 aromatic rings. The average Bonchev–Trinajstić information content (AvgIpc) is 2.94. The van der Waals surface area contributed by atoms with Crippen molar-refractivity contribution in [2.75, 3.05) is 5.73 Å². The Bertz CT molecular complexity index is 942. The Morgan fingerprint density at radius 1 is 1.21 bits per heavy atom. The number of anilines is 1. The lowest BCUT2D eigenvalue weighted by Gasteiger charge is -2.14. The van der Waals surface area contributed by atoms with E-state index in [0.717, 1.165) is 27.7 Å². The quantitative estimate of drug-likeness (QED) is 0.429. The first-order valence-electron chi connectivity index (χ1n) is 7.79. The molecule has 0 saturated carbocycles. The molecule has 122 valence electrons. The molecule has 0 saturated heterocycles. The molecule has 0 unspecified atom stereocenters. The fraction of sp³-hybridized carbons (Fsp3) is 0.278. The number of hydrogen-bond donors (Lipinski definition) is 1. The number of hydrogen-bond acceptors (Lipinski definition) is 3. The molecule has 1 heterocycles. The summed E-state index contributed by atoms with van der Waals surface area (Å²) in [6.45, 7) is 6.60. The summed E-state index contributed by atoms with van der Waals surface area (Å²) in [5.74, 6) is 0.588. The summed E-state index contributed by atoms with van der Waals surface area (Å²) in [4.78, 5) is 2.87. The van der Waals surface area contributed by atoms with Gasteiger partial charge in [0.05, 0.1) is 17.9 Å². The van der Waals surface area contributed by atoms with Crippen LogP contribution < -0.4 is 5.73 Å². The molecule has 0 aliphatic heterocycles. The van der Waals surface area contributed by atoms with E-state index in [0.29, 0.717) is 5.82 Å². The van der Waals surface area contributed by atoms with Crippen molar-refractivity contribution in [2.24, 2.45) is 5.11 Å². The van der Waals surface area contributed by atoms with Crippen LogP contribution in [0.25, 0.3) is 26.9 Å². The number of benzene rings is 2. The second kappa shape index (κ2) is 5.91. The van der Waals surface area contributed by atoms with E-state index in [-0.39, 0.29) is 12.0 Å².